The third-order valence-electron chi connectivity index (χ3n) is 3.28. The second-order valence-electron chi connectivity index (χ2n) is 4.40. The van der Waals surface area contributed by atoms with E-state index in [0.29, 0.717) is 17.9 Å². The van der Waals surface area contributed by atoms with Crippen molar-refractivity contribution in [1.82, 2.24) is 0 Å². The molecular formula is C13H16F2O2. The SMILES string of the molecule is COc1ccc(C2CCC(F)(F)C2)c(OC)c1. The molecule has 1 aromatic rings. The van der Waals surface area contributed by atoms with E-state index in [1.807, 2.05) is 6.07 Å². The lowest BCUT2D eigenvalue weighted by Gasteiger charge is -2.15. The third-order valence-corrected chi connectivity index (χ3v) is 3.28. The number of hydrogen-bond donors (Lipinski definition) is 0. The maximum Gasteiger partial charge on any atom is 0.248 e. The molecule has 1 aliphatic rings. The van der Waals surface area contributed by atoms with Gasteiger partial charge in [0.1, 0.15) is 11.5 Å². The van der Waals surface area contributed by atoms with Crippen molar-refractivity contribution in [1.29, 1.82) is 0 Å². The first kappa shape index (κ1) is 12.1. The predicted molar refractivity (Wildman–Crippen MR) is 61.1 cm³/mol. The van der Waals surface area contributed by atoms with Crippen LogP contribution in [0, 0.1) is 0 Å². The Balaban J connectivity index is 2.26. The Hall–Kier alpha value is -1.32. The minimum atomic E-state index is -2.53. The van der Waals surface area contributed by atoms with Crippen LogP contribution in [0.15, 0.2) is 18.2 Å². The molecule has 4 heteroatoms. The van der Waals surface area contributed by atoms with Gasteiger partial charge >= 0.3 is 0 Å². The van der Waals surface area contributed by atoms with Crippen LogP contribution in [-0.2, 0) is 0 Å². The van der Waals surface area contributed by atoms with E-state index in [0.717, 1.165) is 5.56 Å². The summed E-state index contributed by atoms with van der Waals surface area (Å²) in [5, 5.41) is 0. The van der Waals surface area contributed by atoms with E-state index in [2.05, 4.69) is 0 Å². The summed E-state index contributed by atoms with van der Waals surface area (Å²) in [6.07, 6.45) is 0.387. The Kier molecular flexibility index (Phi) is 3.22. The maximum absolute atomic E-state index is 13.2. The molecule has 0 N–H and O–H groups in total. The zero-order valence-electron chi connectivity index (χ0n) is 10.0. The van der Waals surface area contributed by atoms with E-state index >= 15 is 0 Å². The van der Waals surface area contributed by atoms with Crippen LogP contribution < -0.4 is 9.47 Å². The van der Waals surface area contributed by atoms with Gasteiger partial charge in [-0.15, -0.1) is 0 Å². The van der Waals surface area contributed by atoms with E-state index in [-0.39, 0.29) is 18.8 Å². The molecule has 0 spiro atoms. The summed E-state index contributed by atoms with van der Waals surface area (Å²) >= 11 is 0. The maximum atomic E-state index is 13.2. The number of methoxy groups -OCH3 is 2. The van der Waals surface area contributed by atoms with Crippen molar-refractivity contribution >= 4 is 0 Å². The van der Waals surface area contributed by atoms with Crippen molar-refractivity contribution in [3.63, 3.8) is 0 Å². The van der Waals surface area contributed by atoms with Gasteiger partial charge in [-0.1, -0.05) is 6.07 Å². The molecule has 0 radical (unpaired) electrons. The number of alkyl halides is 2. The summed E-state index contributed by atoms with van der Waals surface area (Å²) in [4.78, 5) is 0. The molecule has 0 bridgehead atoms. The van der Waals surface area contributed by atoms with Gasteiger partial charge in [0.25, 0.3) is 0 Å². The number of halogens is 2. The van der Waals surface area contributed by atoms with Gasteiger partial charge < -0.3 is 9.47 Å². The molecular weight excluding hydrogens is 226 g/mol. The predicted octanol–water partition coefficient (Wildman–Crippen LogP) is 3.61. The standard InChI is InChI=1S/C13H16F2O2/c1-16-10-3-4-11(12(7-10)17-2)9-5-6-13(14,15)8-9/h3-4,7,9H,5-6,8H2,1-2H3. The molecule has 1 aromatic carbocycles. The first-order valence-corrected chi connectivity index (χ1v) is 5.65. The molecule has 1 aliphatic carbocycles. The van der Waals surface area contributed by atoms with Gasteiger partial charge in [-0.25, -0.2) is 8.78 Å². The van der Waals surface area contributed by atoms with Crippen LogP contribution in [0.25, 0.3) is 0 Å². The monoisotopic (exact) mass is 242 g/mol. The fourth-order valence-electron chi connectivity index (χ4n) is 2.37. The van der Waals surface area contributed by atoms with Crippen molar-refractivity contribution in [2.24, 2.45) is 0 Å². The quantitative estimate of drug-likeness (QED) is 0.806. The van der Waals surface area contributed by atoms with Gasteiger partial charge in [0, 0.05) is 18.9 Å². The lowest BCUT2D eigenvalue weighted by Crippen LogP contribution is -2.09. The third kappa shape index (κ3) is 2.51. The van der Waals surface area contributed by atoms with Crippen LogP contribution in [0.2, 0.25) is 0 Å². The van der Waals surface area contributed by atoms with Crippen molar-refractivity contribution in [3.8, 4) is 11.5 Å². The molecule has 0 amide bonds. The largest absolute Gasteiger partial charge is 0.497 e. The topological polar surface area (TPSA) is 18.5 Å². The smallest absolute Gasteiger partial charge is 0.248 e. The molecule has 1 atom stereocenters. The van der Waals surface area contributed by atoms with E-state index in [1.165, 1.54) is 0 Å². The molecule has 1 saturated carbocycles. The highest BCUT2D eigenvalue weighted by Crippen LogP contribution is 2.46. The Labute approximate surface area is 99.5 Å². The molecule has 2 rings (SSSR count). The molecule has 0 heterocycles. The zero-order chi connectivity index (χ0) is 12.5. The molecule has 17 heavy (non-hydrogen) atoms. The van der Waals surface area contributed by atoms with Gasteiger partial charge in [-0.05, 0) is 24.0 Å². The van der Waals surface area contributed by atoms with E-state index in [1.54, 1.807) is 26.4 Å². The molecule has 0 aromatic heterocycles. The lowest BCUT2D eigenvalue weighted by atomic mass is 9.96. The Morgan fingerprint density at radius 3 is 2.53 bits per heavy atom. The number of rotatable bonds is 3. The normalized spacial score (nSPS) is 22.5. The molecule has 0 aliphatic heterocycles. The van der Waals surface area contributed by atoms with Crippen molar-refractivity contribution < 1.29 is 18.3 Å². The minimum Gasteiger partial charge on any atom is -0.497 e. The summed E-state index contributed by atoms with van der Waals surface area (Å²) in [5.74, 6) is -1.34. The van der Waals surface area contributed by atoms with Crippen LogP contribution in [0.3, 0.4) is 0 Å². The first-order valence-electron chi connectivity index (χ1n) is 5.65. The van der Waals surface area contributed by atoms with Crippen molar-refractivity contribution in [3.05, 3.63) is 23.8 Å². The Morgan fingerprint density at radius 2 is 2.00 bits per heavy atom. The summed E-state index contributed by atoms with van der Waals surface area (Å²) < 4.78 is 36.7. The van der Waals surface area contributed by atoms with Crippen LogP contribution in [-0.4, -0.2) is 20.1 Å². The minimum absolute atomic E-state index is 0.0349. The van der Waals surface area contributed by atoms with Crippen molar-refractivity contribution in [2.75, 3.05) is 14.2 Å². The number of ether oxygens (including phenoxy) is 2. The molecule has 1 fully saturated rings. The summed E-state index contributed by atoms with van der Waals surface area (Å²) in [6.45, 7) is 0. The highest BCUT2D eigenvalue weighted by molar-refractivity contribution is 5.43. The number of hydrogen-bond acceptors (Lipinski definition) is 2. The Bertz CT molecular complexity index is 404. The second kappa shape index (κ2) is 4.51. The molecule has 1 unspecified atom stereocenters. The van der Waals surface area contributed by atoms with Gasteiger partial charge in [0.2, 0.25) is 5.92 Å². The first-order chi connectivity index (χ1) is 8.05. The molecule has 2 nitrogen and oxygen atoms in total. The summed E-state index contributed by atoms with van der Waals surface area (Å²) in [6, 6.07) is 5.35. The van der Waals surface area contributed by atoms with Crippen LogP contribution in [0.5, 0.6) is 11.5 Å². The van der Waals surface area contributed by atoms with Crippen LogP contribution in [0.4, 0.5) is 8.78 Å². The summed E-state index contributed by atoms with van der Waals surface area (Å²) in [5.41, 5.74) is 0.852. The number of benzene rings is 1. The highest BCUT2D eigenvalue weighted by atomic mass is 19.3. The van der Waals surface area contributed by atoms with E-state index < -0.39 is 5.92 Å². The van der Waals surface area contributed by atoms with E-state index in [4.69, 9.17) is 9.47 Å². The fourth-order valence-corrected chi connectivity index (χ4v) is 2.37. The average Bonchev–Trinajstić information content (AvgIpc) is 2.68. The van der Waals surface area contributed by atoms with Gasteiger partial charge in [-0.3, -0.25) is 0 Å². The molecule has 0 saturated heterocycles. The molecule has 94 valence electrons. The average molecular weight is 242 g/mol. The summed E-state index contributed by atoms with van der Waals surface area (Å²) in [7, 11) is 3.11. The van der Waals surface area contributed by atoms with Gasteiger partial charge in [0.05, 0.1) is 14.2 Å². The van der Waals surface area contributed by atoms with Gasteiger partial charge in [0.15, 0.2) is 0 Å². The lowest BCUT2D eigenvalue weighted by molar-refractivity contribution is 0.00772. The van der Waals surface area contributed by atoms with Crippen LogP contribution in [0.1, 0.15) is 30.7 Å². The second-order valence-corrected chi connectivity index (χ2v) is 4.40. The fraction of sp³-hybridized carbons (Fsp3) is 0.538. The van der Waals surface area contributed by atoms with Crippen molar-refractivity contribution in [2.45, 2.75) is 31.1 Å². The Morgan fingerprint density at radius 1 is 1.24 bits per heavy atom. The highest BCUT2D eigenvalue weighted by Gasteiger charge is 2.40. The van der Waals surface area contributed by atoms with Gasteiger partial charge in [-0.2, -0.15) is 0 Å². The van der Waals surface area contributed by atoms with E-state index in [9.17, 15) is 8.78 Å². The van der Waals surface area contributed by atoms with Crippen LogP contribution >= 0.6 is 0 Å². The zero-order valence-corrected chi connectivity index (χ0v) is 10.0.